The molecule has 1 aromatic carbocycles. The number of rotatable bonds is 6. The number of hydrogen-bond acceptors (Lipinski definition) is 3. The third kappa shape index (κ3) is 3.34. The molecule has 0 aliphatic heterocycles. The first-order chi connectivity index (χ1) is 8.79. The monoisotopic (exact) mass is 245 g/mol. The van der Waals surface area contributed by atoms with Crippen molar-refractivity contribution in [3.05, 3.63) is 48.3 Å². The van der Waals surface area contributed by atoms with E-state index in [-0.39, 0.29) is 6.04 Å². The lowest BCUT2D eigenvalue weighted by molar-refractivity contribution is 0.317. The largest absolute Gasteiger partial charge is 0.494 e. The number of nitrogens with two attached hydrogens (primary N) is 1. The minimum Gasteiger partial charge on any atom is -0.494 e. The third-order valence-electron chi connectivity index (χ3n) is 2.72. The fourth-order valence-electron chi connectivity index (χ4n) is 1.75. The number of aromatic nitrogens is 2. The molecule has 18 heavy (non-hydrogen) atoms. The fraction of sp³-hybridized carbons (Fsp3) is 0.357. The number of benzene rings is 1. The quantitative estimate of drug-likeness (QED) is 0.850. The summed E-state index contributed by atoms with van der Waals surface area (Å²) in [7, 11) is 0. The van der Waals surface area contributed by atoms with E-state index in [9.17, 15) is 0 Å². The van der Waals surface area contributed by atoms with Crippen LogP contribution in [-0.4, -0.2) is 16.4 Å². The number of nitrogens with zero attached hydrogens (tertiary/aromatic N) is 2. The van der Waals surface area contributed by atoms with E-state index in [0.717, 1.165) is 24.3 Å². The molecule has 96 valence electrons. The van der Waals surface area contributed by atoms with Gasteiger partial charge in [-0.1, -0.05) is 19.1 Å². The predicted molar refractivity (Wildman–Crippen MR) is 71.4 cm³/mol. The van der Waals surface area contributed by atoms with Crippen LogP contribution >= 0.6 is 0 Å². The maximum absolute atomic E-state index is 6.13. The summed E-state index contributed by atoms with van der Waals surface area (Å²) in [5.74, 6) is 0.895. The molecule has 4 nitrogen and oxygen atoms in total. The van der Waals surface area contributed by atoms with Crippen LogP contribution in [0.4, 0.5) is 0 Å². The Kier molecular flexibility index (Phi) is 4.36. The second-order valence-corrected chi connectivity index (χ2v) is 4.25. The van der Waals surface area contributed by atoms with E-state index in [1.807, 2.05) is 41.2 Å². The summed E-state index contributed by atoms with van der Waals surface area (Å²) in [5, 5.41) is 4.15. The molecule has 0 aliphatic carbocycles. The topological polar surface area (TPSA) is 53.1 Å². The summed E-state index contributed by atoms with van der Waals surface area (Å²) in [5.41, 5.74) is 7.23. The van der Waals surface area contributed by atoms with E-state index in [4.69, 9.17) is 10.5 Å². The highest BCUT2D eigenvalue weighted by Crippen LogP contribution is 2.17. The van der Waals surface area contributed by atoms with Gasteiger partial charge in [-0.25, -0.2) is 0 Å². The Morgan fingerprint density at radius 2 is 2.11 bits per heavy atom. The Morgan fingerprint density at radius 1 is 1.33 bits per heavy atom. The van der Waals surface area contributed by atoms with E-state index < -0.39 is 0 Å². The van der Waals surface area contributed by atoms with Gasteiger partial charge in [0.25, 0.3) is 0 Å². The lowest BCUT2D eigenvalue weighted by Gasteiger charge is -2.13. The Morgan fingerprint density at radius 3 is 2.72 bits per heavy atom. The molecule has 0 saturated carbocycles. The smallest absolute Gasteiger partial charge is 0.119 e. The average Bonchev–Trinajstić information content (AvgIpc) is 2.89. The van der Waals surface area contributed by atoms with Crippen LogP contribution in [0.25, 0.3) is 0 Å². The van der Waals surface area contributed by atoms with Crippen LogP contribution in [-0.2, 0) is 6.54 Å². The van der Waals surface area contributed by atoms with Crippen molar-refractivity contribution in [1.82, 2.24) is 9.78 Å². The highest BCUT2D eigenvalue weighted by Gasteiger charge is 2.07. The fourth-order valence-corrected chi connectivity index (χ4v) is 1.75. The maximum Gasteiger partial charge on any atom is 0.119 e. The van der Waals surface area contributed by atoms with E-state index in [1.165, 1.54) is 0 Å². The molecule has 0 aliphatic rings. The third-order valence-corrected chi connectivity index (χ3v) is 2.72. The second kappa shape index (κ2) is 6.21. The van der Waals surface area contributed by atoms with Crippen LogP contribution in [0, 0.1) is 0 Å². The van der Waals surface area contributed by atoms with Gasteiger partial charge in [-0.15, -0.1) is 0 Å². The summed E-state index contributed by atoms with van der Waals surface area (Å²) >= 11 is 0. The lowest BCUT2D eigenvalue weighted by atomic mass is 10.1. The highest BCUT2D eigenvalue weighted by atomic mass is 16.5. The zero-order valence-corrected chi connectivity index (χ0v) is 10.6. The van der Waals surface area contributed by atoms with Crippen molar-refractivity contribution in [2.75, 3.05) is 6.61 Å². The number of hydrogen-bond donors (Lipinski definition) is 1. The highest BCUT2D eigenvalue weighted by molar-refractivity contribution is 5.29. The van der Waals surface area contributed by atoms with Gasteiger partial charge >= 0.3 is 0 Å². The van der Waals surface area contributed by atoms with Gasteiger partial charge < -0.3 is 10.5 Å². The predicted octanol–water partition coefficient (Wildman–Crippen LogP) is 2.37. The molecule has 0 bridgehead atoms. The van der Waals surface area contributed by atoms with Crippen LogP contribution in [0.3, 0.4) is 0 Å². The Hall–Kier alpha value is -1.81. The molecule has 0 amide bonds. The average molecular weight is 245 g/mol. The summed E-state index contributed by atoms with van der Waals surface area (Å²) in [6.45, 7) is 3.52. The van der Waals surface area contributed by atoms with Gasteiger partial charge in [0.1, 0.15) is 5.75 Å². The zero-order chi connectivity index (χ0) is 12.8. The van der Waals surface area contributed by atoms with E-state index in [1.54, 1.807) is 6.20 Å². The molecule has 4 heteroatoms. The van der Waals surface area contributed by atoms with Gasteiger partial charge in [-0.05, 0) is 30.2 Å². The molecule has 2 rings (SSSR count). The Balaban J connectivity index is 1.96. The molecule has 1 aromatic heterocycles. The van der Waals surface area contributed by atoms with E-state index in [0.29, 0.717) is 6.54 Å². The van der Waals surface area contributed by atoms with Crippen LogP contribution in [0.1, 0.15) is 24.9 Å². The van der Waals surface area contributed by atoms with Crippen molar-refractivity contribution in [2.24, 2.45) is 5.73 Å². The van der Waals surface area contributed by atoms with Gasteiger partial charge in [0.15, 0.2) is 0 Å². The molecule has 2 aromatic rings. The first-order valence-corrected chi connectivity index (χ1v) is 6.25. The first kappa shape index (κ1) is 12.6. The van der Waals surface area contributed by atoms with Crippen molar-refractivity contribution >= 4 is 0 Å². The number of ether oxygens (including phenoxy) is 1. The molecular formula is C14H19N3O. The summed E-state index contributed by atoms with van der Waals surface area (Å²) in [4.78, 5) is 0. The lowest BCUT2D eigenvalue weighted by Crippen LogP contribution is -2.17. The van der Waals surface area contributed by atoms with Gasteiger partial charge in [-0.2, -0.15) is 5.10 Å². The van der Waals surface area contributed by atoms with Crippen molar-refractivity contribution < 1.29 is 4.74 Å². The molecule has 0 saturated heterocycles. The Bertz CT molecular complexity index is 450. The van der Waals surface area contributed by atoms with Crippen molar-refractivity contribution in [1.29, 1.82) is 0 Å². The van der Waals surface area contributed by atoms with Crippen molar-refractivity contribution in [3.63, 3.8) is 0 Å². The van der Waals surface area contributed by atoms with Crippen LogP contribution in [0.2, 0.25) is 0 Å². The first-order valence-electron chi connectivity index (χ1n) is 6.25. The second-order valence-electron chi connectivity index (χ2n) is 4.25. The molecule has 0 spiro atoms. The summed E-state index contributed by atoms with van der Waals surface area (Å²) in [6, 6.07) is 9.80. The molecular weight excluding hydrogens is 226 g/mol. The zero-order valence-electron chi connectivity index (χ0n) is 10.6. The van der Waals surface area contributed by atoms with Gasteiger partial charge in [0, 0.05) is 18.4 Å². The molecule has 1 heterocycles. The van der Waals surface area contributed by atoms with Crippen molar-refractivity contribution in [2.45, 2.75) is 25.9 Å². The van der Waals surface area contributed by atoms with Crippen molar-refractivity contribution in [3.8, 4) is 5.75 Å². The molecule has 1 atom stereocenters. The normalized spacial score (nSPS) is 12.3. The maximum atomic E-state index is 6.13. The van der Waals surface area contributed by atoms with E-state index in [2.05, 4.69) is 12.0 Å². The minimum absolute atomic E-state index is 0.0508. The standard InChI is InChI=1S/C14H19N3O/c1-2-10-18-13-6-4-12(5-7-13)14(15)11-17-9-3-8-16-17/h3-9,14H,2,10-11,15H2,1H3. The molecule has 0 fully saturated rings. The van der Waals surface area contributed by atoms with E-state index >= 15 is 0 Å². The van der Waals surface area contributed by atoms with Gasteiger partial charge in [0.05, 0.1) is 13.2 Å². The summed E-state index contributed by atoms with van der Waals surface area (Å²) in [6.07, 6.45) is 4.69. The van der Waals surface area contributed by atoms with Gasteiger partial charge in [0.2, 0.25) is 0 Å². The molecule has 1 unspecified atom stereocenters. The van der Waals surface area contributed by atoms with Crippen LogP contribution < -0.4 is 10.5 Å². The summed E-state index contributed by atoms with van der Waals surface area (Å²) < 4.78 is 7.38. The SMILES string of the molecule is CCCOc1ccc(C(N)Cn2cccn2)cc1. The van der Waals surface area contributed by atoms with Crippen LogP contribution in [0.5, 0.6) is 5.75 Å². The van der Waals surface area contributed by atoms with Gasteiger partial charge in [-0.3, -0.25) is 4.68 Å². The minimum atomic E-state index is -0.0508. The Labute approximate surface area is 107 Å². The molecule has 0 radical (unpaired) electrons. The molecule has 2 N–H and O–H groups in total. The van der Waals surface area contributed by atoms with Crippen LogP contribution in [0.15, 0.2) is 42.7 Å².